The Morgan fingerprint density at radius 2 is 2.32 bits per heavy atom. The van der Waals surface area contributed by atoms with Crippen LogP contribution >= 0.6 is 0 Å². The maximum Gasteiger partial charge on any atom is 0.149 e. The van der Waals surface area contributed by atoms with Crippen molar-refractivity contribution in [3.63, 3.8) is 0 Å². The van der Waals surface area contributed by atoms with Gasteiger partial charge in [0.15, 0.2) is 0 Å². The van der Waals surface area contributed by atoms with Crippen LogP contribution in [0.1, 0.15) is 18.9 Å². The summed E-state index contributed by atoms with van der Waals surface area (Å²) in [5.74, 6) is 0.562. The van der Waals surface area contributed by atoms with Gasteiger partial charge in [-0.25, -0.2) is 0 Å². The molecule has 0 amide bonds. The molecule has 104 valence electrons. The van der Waals surface area contributed by atoms with Crippen LogP contribution in [0, 0.1) is 11.3 Å². The molecule has 0 radical (unpaired) electrons. The fourth-order valence-electron chi connectivity index (χ4n) is 1.72. The van der Waals surface area contributed by atoms with Crippen LogP contribution in [0.25, 0.3) is 0 Å². The molecular formula is C13H21N5O. The lowest BCUT2D eigenvalue weighted by molar-refractivity contribution is 0.146. The zero-order valence-electron chi connectivity index (χ0n) is 11.7. The highest BCUT2D eigenvalue weighted by atomic mass is 16.5. The third kappa shape index (κ3) is 3.73. The first-order valence-electron chi connectivity index (χ1n) is 6.31. The van der Waals surface area contributed by atoms with Crippen molar-refractivity contribution in [2.75, 3.05) is 37.9 Å². The SMILES string of the molecule is CCOCCCN=c1c(C#N)c(NC)cc(N)n1C. The highest BCUT2D eigenvalue weighted by molar-refractivity contribution is 5.60. The summed E-state index contributed by atoms with van der Waals surface area (Å²) < 4.78 is 6.98. The molecule has 1 heterocycles. The van der Waals surface area contributed by atoms with E-state index in [0.29, 0.717) is 42.3 Å². The van der Waals surface area contributed by atoms with Crippen molar-refractivity contribution in [2.45, 2.75) is 13.3 Å². The average molecular weight is 263 g/mol. The van der Waals surface area contributed by atoms with Gasteiger partial charge in [-0.15, -0.1) is 0 Å². The topological polar surface area (TPSA) is 88.4 Å². The van der Waals surface area contributed by atoms with Gasteiger partial charge in [0.05, 0.1) is 5.69 Å². The molecule has 0 saturated carbocycles. The van der Waals surface area contributed by atoms with Crippen LogP contribution in [-0.4, -0.2) is 31.4 Å². The number of anilines is 2. The van der Waals surface area contributed by atoms with Crippen LogP contribution in [0.2, 0.25) is 0 Å². The molecule has 0 unspecified atom stereocenters. The molecule has 0 spiro atoms. The van der Waals surface area contributed by atoms with E-state index < -0.39 is 0 Å². The molecule has 0 aliphatic carbocycles. The Hall–Kier alpha value is -2.00. The van der Waals surface area contributed by atoms with Gasteiger partial charge in [0, 0.05) is 39.9 Å². The predicted octanol–water partition coefficient (Wildman–Crippen LogP) is 0.848. The van der Waals surface area contributed by atoms with Crippen molar-refractivity contribution in [2.24, 2.45) is 12.0 Å². The lowest BCUT2D eigenvalue weighted by Crippen LogP contribution is -2.25. The van der Waals surface area contributed by atoms with Crippen LogP contribution in [0.15, 0.2) is 11.1 Å². The van der Waals surface area contributed by atoms with E-state index in [0.717, 1.165) is 6.42 Å². The van der Waals surface area contributed by atoms with Crippen molar-refractivity contribution in [3.05, 3.63) is 17.1 Å². The Balaban J connectivity index is 3.07. The van der Waals surface area contributed by atoms with E-state index in [9.17, 15) is 5.26 Å². The molecule has 3 N–H and O–H groups in total. The summed E-state index contributed by atoms with van der Waals surface area (Å²) in [6.45, 7) is 3.95. The molecule has 0 saturated heterocycles. The van der Waals surface area contributed by atoms with E-state index in [-0.39, 0.29) is 0 Å². The molecule has 0 aliphatic rings. The number of hydrogen-bond donors (Lipinski definition) is 2. The number of hydrogen-bond acceptors (Lipinski definition) is 5. The quantitative estimate of drug-likeness (QED) is 0.745. The van der Waals surface area contributed by atoms with Gasteiger partial charge in [-0.1, -0.05) is 0 Å². The molecule has 1 aromatic rings. The molecule has 6 heteroatoms. The monoisotopic (exact) mass is 263 g/mol. The van der Waals surface area contributed by atoms with E-state index >= 15 is 0 Å². The Morgan fingerprint density at radius 3 is 2.89 bits per heavy atom. The third-order valence-corrected chi connectivity index (χ3v) is 2.78. The minimum Gasteiger partial charge on any atom is -0.387 e. The number of pyridine rings is 1. The summed E-state index contributed by atoms with van der Waals surface area (Å²) in [4.78, 5) is 4.46. The molecule has 6 nitrogen and oxygen atoms in total. The van der Waals surface area contributed by atoms with Crippen LogP contribution < -0.4 is 16.5 Å². The molecule has 0 aromatic carbocycles. The van der Waals surface area contributed by atoms with Gasteiger partial charge in [-0.05, 0) is 13.3 Å². The lowest BCUT2D eigenvalue weighted by atomic mass is 10.2. The van der Waals surface area contributed by atoms with Gasteiger partial charge in [0.25, 0.3) is 0 Å². The number of ether oxygens (including phenoxy) is 1. The first-order valence-corrected chi connectivity index (χ1v) is 6.31. The van der Waals surface area contributed by atoms with Crippen LogP contribution in [0.4, 0.5) is 11.5 Å². The highest BCUT2D eigenvalue weighted by Gasteiger charge is 2.08. The number of aromatic nitrogens is 1. The fraction of sp³-hybridized carbons (Fsp3) is 0.538. The summed E-state index contributed by atoms with van der Waals surface area (Å²) in [6, 6.07) is 3.91. The van der Waals surface area contributed by atoms with Crippen molar-refractivity contribution in [1.82, 2.24) is 4.57 Å². The number of nitriles is 1. The Kier molecular flexibility index (Phi) is 5.90. The maximum absolute atomic E-state index is 9.26. The molecule has 1 aromatic heterocycles. The molecule has 0 atom stereocenters. The van der Waals surface area contributed by atoms with Crippen molar-refractivity contribution in [1.29, 1.82) is 5.26 Å². The molecule has 1 rings (SSSR count). The zero-order valence-corrected chi connectivity index (χ0v) is 11.7. The predicted molar refractivity (Wildman–Crippen MR) is 75.6 cm³/mol. The second-order valence-electron chi connectivity index (χ2n) is 4.03. The minimum absolute atomic E-state index is 0.510. The molecule has 0 aliphatic heterocycles. The molecule has 0 fully saturated rings. The maximum atomic E-state index is 9.26. The third-order valence-electron chi connectivity index (χ3n) is 2.78. The smallest absolute Gasteiger partial charge is 0.149 e. The van der Waals surface area contributed by atoms with Crippen LogP contribution in [0.3, 0.4) is 0 Å². The fourth-order valence-corrected chi connectivity index (χ4v) is 1.72. The molecule has 0 bridgehead atoms. The van der Waals surface area contributed by atoms with Crippen molar-refractivity contribution >= 4 is 11.5 Å². The van der Waals surface area contributed by atoms with Crippen molar-refractivity contribution < 1.29 is 4.74 Å². The molecular weight excluding hydrogens is 242 g/mol. The number of nitrogens with zero attached hydrogens (tertiary/aromatic N) is 3. The Labute approximate surface area is 113 Å². The number of rotatable bonds is 6. The Bertz CT molecular complexity index is 527. The van der Waals surface area contributed by atoms with Crippen LogP contribution in [-0.2, 0) is 11.8 Å². The van der Waals surface area contributed by atoms with E-state index in [1.165, 1.54) is 0 Å². The first kappa shape index (κ1) is 15.1. The summed E-state index contributed by atoms with van der Waals surface area (Å²) >= 11 is 0. The van der Waals surface area contributed by atoms with Gasteiger partial charge in [-0.3, -0.25) is 4.99 Å². The van der Waals surface area contributed by atoms with E-state index in [1.54, 1.807) is 24.7 Å². The zero-order chi connectivity index (χ0) is 14.3. The summed E-state index contributed by atoms with van der Waals surface area (Å²) in [6.07, 6.45) is 0.822. The first-order chi connectivity index (χ1) is 9.15. The lowest BCUT2D eigenvalue weighted by Gasteiger charge is -2.11. The standard InChI is InChI=1S/C13H21N5O/c1-4-19-7-5-6-17-13-10(9-14)11(16-2)8-12(15)18(13)3/h8,16H,4-7,15H2,1-3H3. The average Bonchev–Trinajstić information content (AvgIpc) is 2.42. The van der Waals surface area contributed by atoms with Gasteiger partial charge in [-0.2, -0.15) is 5.26 Å². The van der Waals surface area contributed by atoms with Crippen LogP contribution in [0.5, 0.6) is 0 Å². The normalized spacial score (nSPS) is 11.4. The minimum atomic E-state index is 0.510. The summed E-state index contributed by atoms with van der Waals surface area (Å²) in [5, 5.41) is 12.2. The van der Waals surface area contributed by atoms with E-state index in [1.807, 2.05) is 6.92 Å². The summed E-state index contributed by atoms with van der Waals surface area (Å²) in [7, 11) is 3.56. The number of nitrogens with one attached hydrogen (secondary N) is 1. The van der Waals surface area contributed by atoms with Gasteiger partial charge in [0.2, 0.25) is 0 Å². The largest absolute Gasteiger partial charge is 0.387 e. The highest BCUT2D eigenvalue weighted by Crippen LogP contribution is 2.13. The van der Waals surface area contributed by atoms with Crippen molar-refractivity contribution in [3.8, 4) is 6.07 Å². The van der Waals surface area contributed by atoms with E-state index in [4.69, 9.17) is 10.5 Å². The van der Waals surface area contributed by atoms with E-state index in [2.05, 4.69) is 16.4 Å². The van der Waals surface area contributed by atoms with Gasteiger partial charge >= 0.3 is 0 Å². The van der Waals surface area contributed by atoms with Gasteiger partial charge < -0.3 is 20.4 Å². The Morgan fingerprint density at radius 1 is 1.58 bits per heavy atom. The number of nitrogen functional groups attached to an aromatic ring is 1. The second-order valence-corrected chi connectivity index (χ2v) is 4.03. The summed E-state index contributed by atoms with van der Waals surface area (Å²) in [5.41, 5.74) is 7.71. The van der Waals surface area contributed by atoms with Gasteiger partial charge in [0.1, 0.15) is 22.9 Å². The molecule has 19 heavy (non-hydrogen) atoms. The number of nitrogens with two attached hydrogens (primary N) is 1. The second kappa shape index (κ2) is 7.44.